The van der Waals surface area contributed by atoms with Crippen LogP contribution >= 0.6 is 0 Å². The Morgan fingerprint density at radius 1 is 1.04 bits per heavy atom. The zero-order valence-electron chi connectivity index (χ0n) is 15.8. The molecule has 0 fully saturated rings. The Morgan fingerprint density at radius 3 is 2.52 bits per heavy atom. The van der Waals surface area contributed by atoms with Crippen molar-refractivity contribution in [3.05, 3.63) is 83.7 Å². The molecule has 0 aliphatic carbocycles. The Kier molecular flexibility index (Phi) is 5.81. The summed E-state index contributed by atoms with van der Waals surface area (Å²) < 4.78 is 12.7. The molecule has 3 aromatic rings. The van der Waals surface area contributed by atoms with E-state index < -0.39 is 0 Å². The number of ether oxygens (including phenoxy) is 2. The molecule has 1 unspecified atom stereocenters. The highest BCUT2D eigenvalue weighted by atomic mass is 16.5. The van der Waals surface area contributed by atoms with Gasteiger partial charge in [-0.05, 0) is 42.8 Å². The van der Waals surface area contributed by atoms with Crippen molar-refractivity contribution in [3.8, 4) is 11.5 Å². The number of nitrogens with zero attached hydrogens (tertiary/aromatic N) is 1. The average Bonchev–Trinajstić information content (AvgIpc) is 3.16. The van der Waals surface area contributed by atoms with Gasteiger partial charge >= 0.3 is 0 Å². The van der Waals surface area contributed by atoms with E-state index in [1.54, 1.807) is 14.2 Å². The van der Waals surface area contributed by atoms with Crippen LogP contribution in [0.2, 0.25) is 0 Å². The molecule has 1 aromatic heterocycles. The highest BCUT2D eigenvalue weighted by Gasteiger charge is 2.18. The smallest absolute Gasteiger partial charge is 0.268 e. The van der Waals surface area contributed by atoms with E-state index >= 15 is 0 Å². The van der Waals surface area contributed by atoms with E-state index in [0.29, 0.717) is 18.0 Å². The number of aromatic nitrogens is 1. The van der Waals surface area contributed by atoms with Crippen molar-refractivity contribution < 1.29 is 14.3 Å². The maximum atomic E-state index is 12.9. The van der Waals surface area contributed by atoms with Crippen molar-refractivity contribution in [2.45, 2.75) is 19.5 Å². The zero-order valence-corrected chi connectivity index (χ0v) is 15.8. The van der Waals surface area contributed by atoms with E-state index in [2.05, 4.69) is 5.32 Å². The summed E-state index contributed by atoms with van der Waals surface area (Å²) in [5.74, 6) is 1.30. The quantitative estimate of drug-likeness (QED) is 0.688. The predicted octanol–water partition coefficient (Wildman–Crippen LogP) is 4.04. The minimum Gasteiger partial charge on any atom is -0.497 e. The fourth-order valence-electron chi connectivity index (χ4n) is 3.06. The lowest BCUT2D eigenvalue weighted by Crippen LogP contribution is -2.29. The van der Waals surface area contributed by atoms with Gasteiger partial charge in [0.2, 0.25) is 0 Å². The fourth-order valence-corrected chi connectivity index (χ4v) is 3.06. The molecule has 3 rings (SSSR count). The first-order chi connectivity index (χ1) is 13.1. The summed E-state index contributed by atoms with van der Waals surface area (Å²) in [5.41, 5.74) is 2.63. The number of hydrogen-bond donors (Lipinski definition) is 1. The summed E-state index contributed by atoms with van der Waals surface area (Å²) in [5, 5.41) is 3.06. The Bertz CT molecular complexity index is 903. The summed E-state index contributed by atoms with van der Waals surface area (Å²) >= 11 is 0. The van der Waals surface area contributed by atoms with E-state index in [4.69, 9.17) is 9.47 Å². The van der Waals surface area contributed by atoms with Crippen molar-refractivity contribution in [2.24, 2.45) is 0 Å². The highest BCUT2D eigenvalue weighted by Crippen LogP contribution is 2.29. The van der Waals surface area contributed by atoms with Crippen LogP contribution in [-0.2, 0) is 6.54 Å². The van der Waals surface area contributed by atoms with Crippen LogP contribution < -0.4 is 14.8 Å². The van der Waals surface area contributed by atoms with Gasteiger partial charge in [0.15, 0.2) is 0 Å². The lowest BCUT2D eigenvalue weighted by molar-refractivity contribution is 0.0930. The summed E-state index contributed by atoms with van der Waals surface area (Å²) in [4.78, 5) is 12.9. The predicted molar refractivity (Wildman–Crippen MR) is 105 cm³/mol. The van der Waals surface area contributed by atoms with Crippen LogP contribution in [-0.4, -0.2) is 24.7 Å². The Hall–Kier alpha value is -3.21. The minimum absolute atomic E-state index is 0.131. The molecule has 0 aliphatic rings. The number of hydrogen-bond acceptors (Lipinski definition) is 3. The second-order valence-corrected chi connectivity index (χ2v) is 6.31. The molecule has 1 N–H and O–H groups in total. The van der Waals surface area contributed by atoms with Crippen molar-refractivity contribution in [3.63, 3.8) is 0 Å². The Morgan fingerprint density at radius 2 is 1.81 bits per heavy atom. The summed E-state index contributed by atoms with van der Waals surface area (Å²) in [7, 11) is 3.23. The third-order valence-electron chi connectivity index (χ3n) is 4.51. The molecule has 5 nitrogen and oxygen atoms in total. The molecule has 5 heteroatoms. The van der Waals surface area contributed by atoms with Gasteiger partial charge in [0.25, 0.3) is 5.91 Å². The molecule has 27 heavy (non-hydrogen) atoms. The van der Waals surface area contributed by atoms with Crippen LogP contribution in [0.3, 0.4) is 0 Å². The number of carbonyl (C=O) groups is 1. The van der Waals surface area contributed by atoms with Crippen LogP contribution in [0.25, 0.3) is 0 Å². The molecule has 0 bridgehead atoms. The third-order valence-corrected chi connectivity index (χ3v) is 4.51. The average molecular weight is 364 g/mol. The standard InChI is InChI=1S/C22H24N2O3/c1-16(19-14-18(26-2)11-12-21(19)27-3)23-22(25)20-10-7-13-24(20)15-17-8-5-4-6-9-17/h4-14,16H,15H2,1-3H3,(H,23,25). The SMILES string of the molecule is COc1ccc(OC)c(C(C)NC(=O)c2cccn2Cc2ccccc2)c1. The second-order valence-electron chi connectivity index (χ2n) is 6.31. The first-order valence-corrected chi connectivity index (χ1v) is 8.84. The van der Waals surface area contributed by atoms with Gasteiger partial charge in [0.1, 0.15) is 17.2 Å². The van der Waals surface area contributed by atoms with Gasteiger partial charge in [-0.25, -0.2) is 0 Å². The van der Waals surface area contributed by atoms with E-state index in [0.717, 1.165) is 16.9 Å². The van der Waals surface area contributed by atoms with Crippen molar-refractivity contribution >= 4 is 5.91 Å². The monoisotopic (exact) mass is 364 g/mol. The third kappa shape index (κ3) is 4.31. The highest BCUT2D eigenvalue weighted by molar-refractivity contribution is 5.93. The Balaban J connectivity index is 1.77. The van der Waals surface area contributed by atoms with E-state index in [-0.39, 0.29) is 11.9 Å². The van der Waals surface area contributed by atoms with Crippen LogP contribution in [0.4, 0.5) is 0 Å². The molecule has 2 aromatic carbocycles. The van der Waals surface area contributed by atoms with Gasteiger partial charge in [0.05, 0.1) is 20.3 Å². The van der Waals surface area contributed by atoms with Crippen LogP contribution in [0.15, 0.2) is 66.9 Å². The van der Waals surface area contributed by atoms with Crippen molar-refractivity contribution in [1.29, 1.82) is 0 Å². The Labute approximate surface area is 159 Å². The number of nitrogens with one attached hydrogen (secondary N) is 1. The number of rotatable bonds is 7. The molecular weight excluding hydrogens is 340 g/mol. The molecule has 0 saturated carbocycles. The van der Waals surface area contributed by atoms with E-state index in [1.807, 2.05) is 78.4 Å². The maximum absolute atomic E-state index is 12.9. The molecule has 1 amide bonds. The molecule has 1 heterocycles. The van der Waals surface area contributed by atoms with Crippen LogP contribution in [0.1, 0.15) is 34.6 Å². The number of benzene rings is 2. The van der Waals surface area contributed by atoms with Gasteiger partial charge in [-0.1, -0.05) is 30.3 Å². The van der Waals surface area contributed by atoms with Gasteiger partial charge in [-0.3, -0.25) is 4.79 Å². The fraction of sp³-hybridized carbons (Fsp3) is 0.227. The largest absolute Gasteiger partial charge is 0.497 e. The first kappa shape index (κ1) is 18.6. The number of carbonyl (C=O) groups excluding carboxylic acids is 1. The zero-order chi connectivity index (χ0) is 19.2. The van der Waals surface area contributed by atoms with Gasteiger partial charge in [-0.2, -0.15) is 0 Å². The normalized spacial score (nSPS) is 11.7. The van der Waals surface area contributed by atoms with Gasteiger partial charge in [0, 0.05) is 18.3 Å². The first-order valence-electron chi connectivity index (χ1n) is 8.84. The molecule has 0 aliphatic heterocycles. The van der Waals surface area contributed by atoms with Gasteiger partial charge in [-0.15, -0.1) is 0 Å². The second kappa shape index (κ2) is 8.45. The summed E-state index contributed by atoms with van der Waals surface area (Å²) in [6.07, 6.45) is 1.92. The van der Waals surface area contributed by atoms with Crippen molar-refractivity contribution in [1.82, 2.24) is 9.88 Å². The molecule has 0 radical (unpaired) electrons. The maximum Gasteiger partial charge on any atom is 0.268 e. The van der Waals surface area contributed by atoms with E-state index in [9.17, 15) is 4.79 Å². The molecule has 0 spiro atoms. The van der Waals surface area contributed by atoms with Crippen molar-refractivity contribution in [2.75, 3.05) is 14.2 Å². The summed E-state index contributed by atoms with van der Waals surface area (Å²) in [6.45, 7) is 2.58. The summed E-state index contributed by atoms with van der Waals surface area (Å²) in [6, 6.07) is 19.1. The van der Waals surface area contributed by atoms with Crippen LogP contribution in [0.5, 0.6) is 11.5 Å². The lowest BCUT2D eigenvalue weighted by atomic mass is 10.1. The molecule has 140 valence electrons. The lowest BCUT2D eigenvalue weighted by Gasteiger charge is -2.19. The minimum atomic E-state index is -0.234. The number of methoxy groups -OCH3 is 2. The molecule has 1 atom stereocenters. The van der Waals surface area contributed by atoms with E-state index in [1.165, 1.54) is 0 Å². The van der Waals surface area contributed by atoms with Crippen LogP contribution in [0, 0.1) is 0 Å². The molecule has 0 saturated heterocycles. The molecular formula is C22H24N2O3. The van der Waals surface area contributed by atoms with Gasteiger partial charge < -0.3 is 19.4 Å². The topological polar surface area (TPSA) is 52.5 Å². The number of amides is 1.